The lowest BCUT2D eigenvalue weighted by atomic mass is 9.65. The number of benzene rings is 2. The number of hydrogen-bond acceptors (Lipinski definition) is 1. The Morgan fingerprint density at radius 1 is 0.960 bits per heavy atom. The number of aliphatic carboxylic acids is 1. The molecule has 0 radical (unpaired) electrons. The zero-order valence-electron chi connectivity index (χ0n) is 14.7. The van der Waals surface area contributed by atoms with Gasteiger partial charge in [-0.05, 0) is 42.4 Å². The molecular weight excluding hydrogens is 308 g/mol. The van der Waals surface area contributed by atoms with Crippen LogP contribution in [0.15, 0.2) is 66.7 Å². The third-order valence-electron chi connectivity index (χ3n) is 5.53. The second-order valence-electron chi connectivity index (χ2n) is 7.12. The van der Waals surface area contributed by atoms with E-state index in [0.717, 1.165) is 6.42 Å². The van der Waals surface area contributed by atoms with Crippen molar-refractivity contribution in [3.63, 3.8) is 0 Å². The molecule has 0 bridgehead atoms. The van der Waals surface area contributed by atoms with Gasteiger partial charge < -0.3 is 5.11 Å². The van der Waals surface area contributed by atoms with Gasteiger partial charge in [-0.2, -0.15) is 0 Å². The average Bonchev–Trinajstić information content (AvgIpc) is 2.67. The number of carbonyl (C=O) groups is 1. The Hall–Kier alpha value is -2.35. The molecule has 1 aliphatic carbocycles. The van der Waals surface area contributed by atoms with Crippen LogP contribution < -0.4 is 0 Å². The minimum atomic E-state index is -0.899. The molecule has 0 amide bonds. The molecule has 0 saturated heterocycles. The van der Waals surface area contributed by atoms with Crippen LogP contribution >= 0.6 is 0 Å². The second kappa shape index (κ2) is 7.69. The number of hydrogen-bond donors (Lipinski definition) is 1. The minimum absolute atomic E-state index is 0.0966. The first-order valence-electron chi connectivity index (χ1n) is 9.18. The standard InChI is InChI=1S/C23H26O2/c1-18(22(24)25)13-14-19-9-8-12-21(17-19)23(15-6-3-7-16-23)20-10-4-2-5-11-20/h2,4-5,8-12,17H,1,3,6-7,13-16H2,(H,24,25). The van der Waals surface area contributed by atoms with E-state index < -0.39 is 5.97 Å². The normalized spacial score (nSPS) is 16.3. The Kier molecular flexibility index (Phi) is 5.37. The van der Waals surface area contributed by atoms with Gasteiger partial charge in [0, 0.05) is 11.0 Å². The van der Waals surface area contributed by atoms with Crippen LogP contribution in [-0.2, 0) is 16.6 Å². The van der Waals surface area contributed by atoms with Gasteiger partial charge >= 0.3 is 5.97 Å². The van der Waals surface area contributed by atoms with Gasteiger partial charge in [0.2, 0.25) is 0 Å². The van der Waals surface area contributed by atoms with E-state index in [0.29, 0.717) is 6.42 Å². The fourth-order valence-electron chi connectivity index (χ4n) is 4.08. The molecule has 25 heavy (non-hydrogen) atoms. The smallest absolute Gasteiger partial charge is 0.330 e. The van der Waals surface area contributed by atoms with Crippen LogP contribution in [0.25, 0.3) is 0 Å². The Bertz CT molecular complexity index is 740. The Morgan fingerprint density at radius 2 is 1.64 bits per heavy atom. The van der Waals surface area contributed by atoms with Gasteiger partial charge in [0.15, 0.2) is 0 Å². The summed E-state index contributed by atoms with van der Waals surface area (Å²) in [5, 5.41) is 9.01. The fourth-order valence-corrected chi connectivity index (χ4v) is 4.08. The van der Waals surface area contributed by atoms with Crippen LogP contribution in [0.3, 0.4) is 0 Å². The van der Waals surface area contributed by atoms with Crippen molar-refractivity contribution in [1.82, 2.24) is 0 Å². The van der Waals surface area contributed by atoms with Crippen LogP contribution in [-0.4, -0.2) is 11.1 Å². The van der Waals surface area contributed by atoms with Crippen LogP contribution in [0.2, 0.25) is 0 Å². The van der Waals surface area contributed by atoms with E-state index >= 15 is 0 Å². The lowest BCUT2D eigenvalue weighted by molar-refractivity contribution is -0.132. The highest BCUT2D eigenvalue weighted by Crippen LogP contribution is 2.45. The first kappa shape index (κ1) is 17.5. The summed E-state index contributed by atoms with van der Waals surface area (Å²) in [6.45, 7) is 3.64. The maximum Gasteiger partial charge on any atom is 0.330 e. The molecular formula is C23H26O2. The summed E-state index contributed by atoms with van der Waals surface area (Å²) in [5.74, 6) is -0.899. The Balaban J connectivity index is 1.91. The Labute approximate surface area is 150 Å². The fraction of sp³-hybridized carbons (Fsp3) is 0.348. The van der Waals surface area contributed by atoms with E-state index in [4.69, 9.17) is 5.11 Å². The van der Waals surface area contributed by atoms with Crippen LogP contribution in [0.1, 0.15) is 55.2 Å². The predicted octanol–water partition coefficient (Wildman–Crippen LogP) is 5.51. The predicted molar refractivity (Wildman–Crippen MR) is 102 cm³/mol. The molecule has 1 fully saturated rings. The maximum absolute atomic E-state index is 11.0. The molecule has 2 aromatic carbocycles. The number of aryl methyl sites for hydroxylation is 1. The summed E-state index contributed by atoms with van der Waals surface area (Å²) < 4.78 is 0. The van der Waals surface area contributed by atoms with Gasteiger partial charge in [-0.3, -0.25) is 0 Å². The molecule has 1 aliphatic rings. The van der Waals surface area contributed by atoms with Gasteiger partial charge in [0.05, 0.1) is 0 Å². The third-order valence-corrected chi connectivity index (χ3v) is 5.53. The van der Waals surface area contributed by atoms with Crippen molar-refractivity contribution in [2.24, 2.45) is 0 Å². The molecule has 1 N–H and O–H groups in total. The molecule has 0 atom stereocenters. The van der Waals surface area contributed by atoms with E-state index in [2.05, 4.69) is 61.2 Å². The number of carboxylic acids is 1. The minimum Gasteiger partial charge on any atom is -0.478 e. The molecule has 0 unspecified atom stereocenters. The molecule has 3 rings (SSSR count). The van der Waals surface area contributed by atoms with Crippen LogP contribution in [0.5, 0.6) is 0 Å². The summed E-state index contributed by atoms with van der Waals surface area (Å²) in [7, 11) is 0. The molecule has 2 aromatic rings. The van der Waals surface area contributed by atoms with E-state index in [1.54, 1.807) is 0 Å². The summed E-state index contributed by atoms with van der Waals surface area (Å²) in [4.78, 5) is 11.0. The monoisotopic (exact) mass is 334 g/mol. The van der Waals surface area contributed by atoms with Crippen LogP contribution in [0.4, 0.5) is 0 Å². The van der Waals surface area contributed by atoms with Gasteiger partial charge in [-0.25, -0.2) is 4.79 Å². The van der Waals surface area contributed by atoms with Gasteiger partial charge in [0.1, 0.15) is 0 Å². The summed E-state index contributed by atoms with van der Waals surface area (Å²) in [6.07, 6.45) is 7.42. The van der Waals surface area contributed by atoms with Crippen molar-refractivity contribution < 1.29 is 9.90 Å². The molecule has 130 valence electrons. The highest BCUT2D eigenvalue weighted by Gasteiger charge is 2.35. The van der Waals surface area contributed by atoms with Crippen molar-refractivity contribution >= 4 is 5.97 Å². The maximum atomic E-state index is 11.0. The summed E-state index contributed by atoms with van der Waals surface area (Å²) in [5.41, 5.74) is 4.35. The zero-order valence-corrected chi connectivity index (χ0v) is 14.7. The topological polar surface area (TPSA) is 37.3 Å². The van der Waals surface area contributed by atoms with Crippen molar-refractivity contribution in [2.45, 2.75) is 50.4 Å². The highest BCUT2D eigenvalue weighted by atomic mass is 16.4. The summed E-state index contributed by atoms with van der Waals surface area (Å²) in [6, 6.07) is 19.6. The largest absolute Gasteiger partial charge is 0.478 e. The first-order chi connectivity index (χ1) is 12.1. The van der Waals surface area contributed by atoms with E-state index in [1.165, 1.54) is 48.8 Å². The molecule has 2 nitrogen and oxygen atoms in total. The average molecular weight is 334 g/mol. The van der Waals surface area contributed by atoms with Gasteiger partial charge in [-0.15, -0.1) is 0 Å². The molecule has 2 heteroatoms. The summed E-state index contributed by atoms with van der Waals surface area (Å²) >= 11 is 0. The number of carboxylic acid groups (broad SMARTS) is 1. The molecule has 0 heterocycles. The molecule has 1 saturated carbocycles. The van der Waals surface area contributed by atoms with Gasteiger partial charge in [0.25, 0.3) is 0 Å². The molecule has 0 aliphatic heterocycles. The second-order valence-corrected chi connectivity index (χ2v) is 7.12. The molecule has 0 spiro atoms. The lowest BCUT2D eigenvalue weighted by Gasteiger charge is -2.39. The number of rotatable bonds is 6. The van der Waals surface area contributed by atoms with Crippen molar-refractivity contribution in [2.75, 3.05) is 0 Å². The van der Waals surface area contributed by atoms with Crippen molar-refractivity contribution in [3.8, 4) is 0 Å². The third kappa shape index (κ3) is 3.84. The van der Waals surface area contributed by atoms with Crippen molar-refractivity contribution in [1.29, 1.82) is 0 Å². The van der Waals surface area contributed by atoms with Gasteiger partial charge in [-0.1, -0.05) is 80.4 Å². The van der Waals surface area contributed by atoms with Crippen molar-refractivity contribution in [3.05, 3.63) is 83.4 Å². The first-order valence-corrected chi connectivity index (χ1v) is 9.18. The quantitative estimate of drug-likeness (QED) is 0.707. The van der Waals surface area contributed by atoms with E-state index in [9.17, 15) is 4.79 Å². The lowest BCUT2D eigenvalue weighted by Crippen LogP contribution is -2.30. The molecule has 0 aromatic heterocycles. The highest BCUT2D eigenvalue weighted by molar-refractivity contribution is 5.85. The SMILES string of the molecule is C=C(CCc1cccc(C2(c3ccccc3)CCCCC2)c1)C(=O)O. The van der Waals surface area contributed by atoms with E-state index in [1.807, 2.05) is 0 Å². The van der Waals surface area contributed by atoms with E-state index in [-0.39, 0.29) is 11.0 Å². The van der Waals surface area contributed by atoms with Crippen LogP contribution in [0, 0.1) is 0 Å². The Morgan fingerprint density at radius 3 is 2.32 bits per heavy atom. The zero-order chi connectivity index (χ0) is 17.7.